The van der Waals surface area contributed by atoms with Gasteiger partial charge >= 0.3 is 0 Å². The standard InChI is InChI=1S/C20H17N3O3/c24-19(23-26)16-10-9-14(12-17(16)15-6-2-1-3-7-15)13-22-20(25)18-8-4-5-11-21-18/h1-12,26H,13H2,(H,22,25)(H,23,24). The number of hydroxylamine groups is 1. The zero-order valence-corrected chi connectivity index (χ0v) is 13.8. The molecule has 0 atom stereocenters. The zero-order valence-electron chi connectivity index (χ0n) is 13.8. The SMILES string of the molecule is O=C(NCc1ccc(C(=O)NO)c(-c2ccccc2)c1)c1ccccn1. The Morgan fingerprint density at radius 2 is 1.69 bits per heavy atom. The van der Waals surface area contributed by atoms with E-state index in [0.717, 1.165) is 11.1 Å². The van der Waals surface area contributed by atoms with E-state index in [-0.39, 0.29) is 12.5 Å². The number of nitrogens with one attached hydrogen (secondary N) is 2. The summed E-state index contributed by atoms with van der Waals surface area (Å²) in [4.78, 5) is 28.1. The van der Waals surface area contributed by atoms with Gasteiger partial charge in [-0.15, -0.1) is 0 Å². The van der Waals surface area contributed by atoms with E-state index in [9.17, 15) is 9.59 Å². The lowest BCUT2D eigenvalue weighted by Crippen LogP contribution is -2.24. The van der Waals surface area contributed by atoms with Crippen molar-refractivity contribution in [3.63, 3.8) is 0 Å². The maximum absolute atomic E-state index is 12.1. The molecule has 0 aliphatic carbocycles. The number of amides is 2. The Balaban J connectivity index is 1.85. The summed E-state index contributed by atoms with van der Waals surface area (Å²) in [6.45, 7) is 0.288. The van der Waals surface area contributed by atoms with Gasteiger partial charge in [0.25, 0.3) is 11.8 Å². The maximum atomic E-state index is 12.1. The minimum absolute atomic E-state index is 0.274. The molecule has 6 heteroatoms. The van der Waals surface area contributed by atoms with Crippen LogP contribution in [0, 0.1) is 0 Å². The van der Waals surface area contributed by atoms with Gasteiger partial charge in [0, 0.05) is 18.3 Å². The molecule has 0 aliphatic rings. The minimum atomic E-state index is -0.590. The molecule has 0 aliphatic heterocycles. The molecule has 3 rings (SSSR count). The lowest BCUT2D eigenvalue weighted by atomic mass is 9.97. The van der Waals surface area contributed by atoms with Crippen molar-refractivity contribution in [2.45, 2.75) is 6.54 Å². The Labute approximate surface area is 150 Å². The fourth-order valence-electron chi connectivity index (χ4n) is 2.59. The Bertz CT molecular complexity index is 912. The molecule has 0 fully saturated rings. The van der Waals surface area contributed by atoms with Crippen LogP contribution >= 0.6 is 0 Å². The monoisotopic (exact) mass is 347 g/mol. The molecule has 1 heterocycles. The van der Waals surface area contributed by atoms with Gasteiger partial charge in [0.05, 0.1) is 0 Å². The number of nitrogens with zero attached hydrogens (tertiary/aromatic N) is 1. The van der Waals surface area contributed by atoms with Crippen molar-refractivity contribution in [2.24, 2.45) is 0 Å². The average Bonchev–Trinajstić information content (AvgIpc) is 2.72. The molecular formula is C20H17N3O3. The first-order valence-electron chi connectivity index (χ1n) is 8.01. The first-order valence-corrected chi connectivity index (χ1v) is 8.01. The van der Waals surface area contributed by atoms with Gasteiger partial charge in [0.15, 0.2) is 0 Å². The van der Waals surface area contributed by atoms with E-state index < -0.39 is 5.91 Å². The maximum Gasteiger partial charge on any atom is 0.275 e. The normalized spacial score (nSPS) is 10.2. The van der Waals surface area contributed by atoms with Gasteiger partial charge < -0.3 is 5.32 Å². The summed E-state index contributed by atoms with van der Waals surface area (Å²) in [5.41, 5.74) is 4.68. The fraction of sp³-hybridized carbons (Fsp3) is 0.0500. The molecule has 26 heavy (non-hydrogen) atoms. The highest BCUT2D eigenvalue weighted by Crippen LogP contribution is 2.25. The highest BCUT2D eigenvalue weighted by atomic mass is 16.5. The molecule has 0 bridgehead atoms. The van der Waals surface area contributed by atoms with Gasteiger partial charge in [-0.1, -0.05) is 42.5 Å². The van der Waals surface area contributed by atoms with E-state index in [0.29, 0.717) is 16.8 Å². The molecule has 0 saturated carbocycles. The smallest absolute Gasteiger partial charge is 0.275 e. The van der Waals surface area contributed by atoms with Gasteiger partial charge in [-0.2, -0.15) is 0 Å². The van der Waals surface area contributed by atoms with Gasteiger partial charge in [0.2, 0.25) is 0 Å². The summed E-state index contributed by atoms with van der Waals surface area (Å²) in [6.07, 6.45) is 1.56. The quantitative estimate of drug-likeness (QED) is 0.489. The molecule has 0 spiro atoms. The second-order valence-electron chi connectivity index (χ2n) is 5.58. The molecule has 0 unspecified atom stereocenters. The van der Waals surface area contributed by atoms with Crippen LogP contribution in [-0.2, 0) is 6.54 Å². The van der Waals surface area contributed by atoms with Crippen LogP contribution in [0.25, 0.3) is 11.1 Å². The number of benzene rings is 2. The van der Waals surface area contributed by atoms with Crippen LogP contribution < -0.4 is 10.8 Å². The van der Waals surface area contributed by atoms with Crippen molar-refractivity contribution in [2.75, 3.05) is 0 Å². The van der Waals surface area contributed by atoms with Crippen molar-refractivity contribution in [3.8, 4) is 11.1 Å². The Morgan fingerprint density at radius 3 is 2.38 bits per heavy atom. The first kappa shape index (κ1) is 17.3. The highest BCUT2D eigenvalue weighted by Gasteiger charge is 2.13. The molecule has 0 saturated heterocycles. The summed E-state index contributed by atoms with van der Waals surface area (Å²) >= 11 is 0. The molecule has 3 aromatic rings. The van der Waals surface area contributed by atoms with Crippen LogP contribution in [0.1, 0.15) is 26.4 Å². The number of carbonyl (C=O) groups is 2. The van der Waals surface area contributed by atoms with Crippen LogP contribution in [0.4, 0.5) is 0 Å². The molecule has 1 aromatic heterocycles. The Kier molecular flexibility index (Phi) is 5.36. The second-order valence-corrected chi connectivity index (χ2v) is 5.58. The number of hydrogen-bond acceptors (Lipinski definition) is 4. The summed E-state index contributed by atoms with van der Waals surface area (Å²) in [5.74, 6) is -0.864. The van der Waals surface area contributed by atoms with E-state index >= 15 is 0 Å². The average molecular weight is 347 g/mol. The zero-order chi connectivity index (χ0) is 18.4. The molecule has 130 valence electrons. The predicted molar refractivity (Wildman–Crippen MR) is 96.5 cm³/mol. The van der Waals surface area contributed by atoms with Crippen molar-refractivity contribution < 1.29 is 14.8 Å². The Hall–Kier alpha value is -3.51. The lowest BCUT2D eigenvalue weighted by Gasteiger charge is -2.12. The largest absolute Gasteiger partial charge is 0.347 e. The van der Waals surface area contributed by atoms with Crippen LogP contribution in [0.3, 0.4) is 0 Å². The minimum Gasteiger partial charge on any atom is -0.347 e. The van der Waals surface area contributed by atoms with E-state index in [2.05, 4.69) is 10.3 Å². The van der Waals surface area contributed by atoms with Crippen LogP contribution in [0.15, 0.2) is 72.9 Å². The molecular weight excluding hydrogens is 330 g/mol. The van der Waals surface area contributed by atoms with Gasteiger partial charge in [-0.05, 0) is 41.0 Å². The second kappa shape index (κ2) is 8.04. The van der Waals surface area contributed by atoms with Crippen molar-refractivity contribution >= 4 is 11.8 Å². The number of aromatic nitrogens is 1. The topological polar surface area (TPSA) is 91.3 Å². The summed E-state index contributed by atoms with van der Waals surface area (Å²) in [7, 11) is 0. The van der Waals surface area contributed by atoms with E-state index in [1.165, 1.54) is 0 Å². The number of hydrogen-bond donors (Lipinski definition) is 3. The van der Waals surface area contributed by atoms with Crippen molar-refractivity contribution in [1.82, 2.24) is 15.8 Å². The number of pyridine rings is 1. The van der Waals surface area contributed by atoms with Gasteiger partial charge in [-0.25, -0.2) is 5.48 Å². The molecule has 3 N–H and O–H groups in total. The third kappa shape index (κ3) is 3.93. The van der Waals surface area contributed by atoms with E-state index in [1.807, 2.05) is 36.4 Å². The lowest BCUT2D eigenvalue weighted by molar-refractivity contribution is 0.0707. The summed E-state index contributed by atoms with van der Waals surface area (Å²) in [5, 5.41) is 11.8. The van der Waals surface area contributed by atoms with Crippen molar-refractivity contribution in [3.05, 3.63) is 89.7 Å². The highest BCUT2D eigenvalue weighted by molar-refractivity contribution is 6.00. The summed E-state index contributed by atoms with van der Waals surface area (Å²) < 4.78 is 0. The first-order chi connectivity index (χ1) is 12.7. The third-order valence-corrected chi connectivity index (χ3v) is 3.87. The molecule has 0 radical (unpaired) electrons. The third-order valence-electron chi connectivity index (χ3n) is 3.87. The molecule has 2 amide bonds. The Morgan fingerprint density at radius 1 is 0.923 bits per heavy atom. The van der Waals surface area contributed by atoms with Crippen molar-refractivity contribution in [1.29, 1.82) is 0 Å². The van der Waals surface area contributed by atoms with Crippen LogP contribution in [0.2, 0.25) is 0 Å². The van der Waals surface area contributed by atoms with E-state index in [4.69, 9.17) is 5.21 Å². The molecule has 2 aromatic carbocycles. The van der Waals surface area contributed by atoms with Crippen LogP contribution in [-0.4, -0.2) is 22.0 Å². The van der Waals surface area contributed by atoms with Gasteiger partial charge in [-0.3, -0.25) is 19.8 Å². The fourth-order valence-corrected chi connectivity index (χ4v) is 2.59. The van der Waals surface area contributed by atoms with Gasteiger partial charge in [0.1, 0.15) is 5.69 Å². The number of carbonyl (C=O) groups excluding carboxylic acids is 2. The van der Waals surface area contributed by atoms with Crippen LogP contribution in [0.5, 0.6) is 0 Å². The molecule has 6 nitrogen and oxygen atoms in total. The summed E-state index contributed by atoms with van der Waals surface area (Å²) in [6, 6.07) is 19.7. The predicted octanol–water partition coefficient (Wildman–Crippen LogP) is 2.80. The number of rotatable bonds is 5. The van der Waals surface area contributed by atoms with E-state index in [1.54, 1.807) is 42.0 Å².